The van der Waals surface area contributed by atoms with Gasteiger partial charge in [-0.15, -0.1) is 0 Å². The van der Waals surface area contributed by atoms with Gasteiger partial charge in [-0.1, -0.05) is 19.3 Å². The van der Waals surface area contributed by atoms with E-state index in [0.717, 1.165) is 18.2 Å². The number of benzene rings is 1. The third kappa shape index (κ3) is 4.53. The maximum atomic E-state index is 11.7. The largest absolute Gasteiger partial charge is 0.395 e. The minimum absolute atomic E-state index is 0.0350. The summed E-state index contributed by atoms with van der Waals surface area (Å²) in [5.74, 6) is 0.647. The lowest BCUT2D eigenvalue weighted by molar-refractivity contribution is 0.0945. The van der Waals surface area contributed by atoms with Crippen LogP contribution in [0.3, 0.4) is 0 Å². The number of carbonyl (C=O) groups is 1. The molecule has 0 heterocycles. The SMILES string of the molecule is O=C(NCCO)c1ccc(NCC2CCCCC2)cc1. The maximum absolute atomic E-state index is 11.7. The number of hydrogen-bond donors (Lipinski definition) is 3. The van der Waals surface area contributed by atoms with Gasteiger partial charge in [0.1, 0.15) is 0 Å². The van der Waals surface area contributed by atoms with E-state index >= 15 is 0 Å². The maximum Gasteiger partial charge on any atom is 0.251 e. The first-order valence-corrected chi connectivity index (χ1v) is 7.52. The first-order chi connectivity index (χ1) is 9.79. The molecule has 110 valence electrons. The molecule has 2 rings (SSSR count). The first-order valence-electron chi connectivity index (χ1n) is 7.52. The molecule has 20 heavy (non-hydrogen) atoms. The normalized spacial score (nSPS) is 15.8. The molecule has 4 heteroatoms. The van der Waals surface area contributed by atoms with Crippen molar-refractivity contribution in [2.75, 3.05) is 25.0 Å². The predicted molar refractivity (Wildman–Crippen MR) is 80.9 cm³/mol. The number of amides is 1. The van der Waals surface area contributed by atoms with Crippen LogP contribution >= 0.6 is 0 Å². The van der Waals surface area contributed by atoms with Crippen molar-refractivity contribution in [2.45, 2.75) is 32.1 Å². The van der Waals surface area contributed by atoms with Crippen LogP contribution in [0, 0.1) is 5.92 Å². The van der Waals surface area contributed by atoms with E-state index in [0.29, 0.717) is 12.1 Å². The standard InChI is InChI=1S/C16H24N2O2/c19-11-10-17-16(20)14-6-8-15(9-7-14)18-12-13-4-2-1-3-5-13/h6-9,13,18-19H,1-5,10-12H2,(H,17,20). The van der Waals surface area contributed by atoms with E-state index in [9.17, 15) is 4.79 Å². The van der Waals surface area contributed by atoms with Gasteiger partial charge in [-0.05, 0) is 43.0 Å². The van der Waals surface area contributed by atoms with Gasteiger partial charge >= 0.3 is 0 Å². The summed E-state index contributed by atoms with van der Waals surface area (Å²) in [5, 5.41) is 14.8. The summed E-state index contributed by atoms with van der Waals surface area (Å²) in [4.78, 5) is 11.7. The summed E-state index contributed by atoms with van der Waals surface area (Å²) in [6, 6.07) is 7.51. The van der Waals surface area contributed by atoms with Crippen molar-refractivity contribution >= 4 is 11.6 Å². The molecular formula is C16H24N2O2. The van der Waals surface area contributed by atoms with Crippen molar-refractivity contribution in [3.8, 4) is 0 Å². The van der Waals surface area contributed by atoms with E-state index in [2.05, 4.69) is 10.6 Å². The van der Waals surface area contributed by atoms with Crippen LogP contribution in [0.5, 0.6) is 0 Å². The topological polar surface area (TPSA) is 61.4 Å². The average Bonchev–Trinajstić information content (AvgIpc) is 2.52. The Balaban J connectivity index is 1.80. The van der Waals surface area contributed by atoms with Gasteiger partial charge in [-0.3, -0.25) is 4.79 Å². The molecule has 1 aromatic rings. The van der Waals surface area contributed by atoms with E-state index < -0.39 is 0 Å². The number of anilines is 1. The smallest absolute Gasteiger partial charge is 0.251 e. The van der Waals surface area contributed by atoms with Crippen LogP contribution in [-0.2, 0) is 0 Å². The molecular weight excluding hydrogens is 252 g/mol. The van der Waals surface area contributed by atoms with Gasteiger partial charge in [-0.25, -0.2) is 0 Å². The lowest BCUT2D eigenvalue weighted by Crippen LogP contribution is -2.26. The third-order valence-electron chi connectivity index (χ3n) is 3.86. The molecule has 1 fully saturated rings. The number of nitrogens with one attached hydrogen (secondary N) is 2. The molecule has 0 aliphatic heterocycles. The van der Waals surface area contributed by atoms with Crippen molar-refractivity contribution in [2.24, 2.45) is 5.92 Å². The number of rotatable bonds is 6. The molecule has 1 saturated carbocycles. The molecule has 0 bridgehead atoms. The molecule has 4 nitrogen and oxygen atoms in total. The van der Waals surface area contributed by atoms with Crippen molar-refractivity contribution in [1.82, 2.24) is 5.32 Å². The zero-order chi connectivity index (χ0) is 14.2. The molecule has 1 aliphatic carbocycles. The molecule has 0 saturated heterocycles. The quantitative estimate of drug-likeness (QED) is 0.747. The van der Waals surface area contributed by atoms with Gasteiger partial charge in [0.2, 0.25) is 0 Å². The fraction of sp³-hybridized carbons (Fsp3) is 0.562. The number of carbonyl (C=O) groups excluding carboxylic acids is 1. The molecule has 1 aromatic carbocycles. The molecule has 0 aromatic heterocycles. The minimum Gasteiger partial charge on any atom is -0.395 e. The molecule has 3 N–H and O–H groups in total. The van der Waals surface area contributed by atoms with Crippen LogP contribution in [0.15, 0.2) is 24.3 Å². The fourth-order valence-electron chi connectivity index (χ4n) is 2.66. The van der Waals surface area contributed by atoms with E-state index in [1.54, 1.807) is 0 Å². The third-order valence-corrected chi connectivity index (χ3v) is 3.86. The summed E-state index contributed by atoms with van der Waals surface area (Å²) >= 11 is 0. The number of aliphatic hydroxyl groups excluding tert-OH is 1. The van der Waals surface area contributed by atoms with Crippen molar-refractivity contribution in [1.29, 1.82) is 0 Å². The first kappa shape index (κ1) is 14.9. The second-order valence-corrected chi connectivity index (χ2v) is 5.44. The highest BCUT2D eigenvalue weighted by Gasteiger charge is 2.12. The number of aliphatic hydroxyl groups is 1. The minimum atomic E-state index is -0.141. The van der Waals surface area contributed by atoms with Crippen LogP contribution in [0.4, 0.5) is 5.69 Å². The van der Waals surface area contributed by atoms with E-state index in [1.165, 1.54) is 32.1 Å². The highest BCUT2D eigenvalue weighted by Crippen LogP contribution is 2.24. The molecule has 1 amide bonds. The second-order valence-electron chi connectivity index (χ2n) is 5.44. The lowest BCUT2D eigenvalue weighted by atomic mass is 9.89. The van der Waals surface area contributed by atoms with Crippen molar-refractivity contribution in [3.05, 3.63) is 29.8 Å². The van der Waals surface area contributed by atoms with E-state index in [-0.39, 0.29) is 12.5 Å². The Kier molecular flexibility index (Phi) is 5.87. The van der Waals surface area contributed by atoms with Gasteiger partial charge in [0.25, 0.3) is 5.91 Å². The van der Waals surface area contributed by atoms with Crippen LogP contribution in [0.2, 0.25) is 0 Å². The van der Waals surface area contributed by atoms with Gasteiger partial charge in [-0.2, -0.15) is 0 Å². The van der Waals surface area contributed by atoms with Gasteiger partial charge in [0, 0.05) is 24.3 Å². The average molecular weight is 276 g/mol. The Bertz CT molecular complexity index is 411. The molecule has 0 spiro atoms. The van der Waals surface area contributed by atoms with E-state index in [4.69, 9.17) is 5.11 Å². The Morgan fingerprint density at radius 1 is 1.15 bits per heavy atom. The van der Waals surface area contributed by atoms with Crippen LogP contribution in [0.25, 0.3) is 0 Å². The Labute approximate surface area is 120 Å². The van der Waals surface area contributed by atoms with Crippen molar-refractivity contribution < 1.29 is 9.90 Å². The summed E-state index contributed by atoms with van der Waals surface area (Å²) in [6.07, 6.45) is 6.75. The fourth-order valence-corrected chi connectivity index (χ4v) is 2.66. The Morgan fingerprint density at radius 2 is 1.85 bits per heavy atom. The van der Waals surface area contributed by atoms with Gasteiger partial charge in [0.15, 0.2) is 0 Å². The van der Waals surface area contributed by atoms with Crippen LogP contribution in [-0.4, -0.2) is 30.7 Å². The van der Waals surface area contributed by atoms with Crippen LogP contribution < -0.4 is 10.6 Å². The van der Waals surface area contributed by atoms with Gasteiger partial charge < -0.3 is 15.7 Å². The molecule has 0 atom stereocenters. The monoisotopic (exact) mass is 276 g/mol. The Morgan fingerprint density at radius 3 is 2.50 bits per heavy atom. The molecule has 1 aliphatic rings. The summed E-state index contributed by atoms with van der Waals surface area (Å²) in [5.41, 5.74) is 1.69. The lowest BCUT2D eigenvalue weighted by Gasteiger charge is -2.22. The number of hydrogen-bond acceptors (Lipinski definition) is 3. The second kappa shape index (κ2) is 7.90. The summed E-state index contributed by atoms with van der Waals surface area (Å²) in [6.45, 7) is 1.28. The highest BCUT2D eigenvalue weighted by molar-refractivity contribution is 5.94. The summed E-state index contributed by atoms with van der Waals surface area (Å²) < 4.78 is 0. The predicted octanol–water partition coefficient (Wildman–Crippen LogP) is 2.40. The molecule has 0 radical (unpaired) electrons. The highest BCUT2D eigenvalue weighted by atomic mass is 16.3. The Hall–Kier alpha value is -1.55. The van der Waals surface area contributed by atoms with Crippen LogP contribution in [0.1, 0.15) is 42.5 Å². The zero-order valence-corrected chi connectivity index (χ0v) is 11.9. The van der Waals surface area contributed by atoms with Crippen molar-refractivity contribution in [3.63, 3.8) is 0 Å². The zero-order valence-electron chi connectivity index (χ0n) is 11.9. The summed E-state index contributed by atoms with van der Waals surface area (Å²) in [7, 11) is 0. The van der Waals surface area contributed by atoms with Gasteiger partial charge in [0.05, 0.1) is 6.61 Å². The van der Waals surface area contributed by atoms with E-state index in [1.807, 2.05) is 24.3 Å². The molecule has 0 unspecified atom stereocenters.